The molecule has 1 aliphatic heterocycles. The first-order chi connectivity index (χ1) is 14.9. The highest BCUT2D eigenvalue weighted by molar-refractivity contribution is 6.04. The van der Waals surface area contributed by atoms with Gasteiger partial charge in [0.15, 0.2) is 11.5 Å². The number of aryl methyl sites for hydroxylation is 1. The zero-order chi connectivity index (χ0) is 22.4. The van der Waals surface area contributed by atoms with Gasteiger partial charge in [0.1, 0.15) is 11.9 Å². The topological polar surface area (TPSA) is 110 Å². The molecule has 0 aliphatic carbocycles. The van der Waals surface area contributed by atoms with Crippen LogP contribution in [0.4, 0.5) is 10.6 Å². The van der Waals surface area contributed by atoms with E-state index in [1.165, 1.54) is 4.90 Å². The molecule has 0 saturated carbocycles. The Bertz CT molecular complexity index is 978. The first-order valence-corrected chi connectivity index (χ1v) is 9.97. The number of nitrogens with zero attached hydrogens (tertiary/aromatic N) is 2. The molecule has 1 aliphatic rings. The molecule has 1 atom stereocenters. The molecule has 164 valence electrons. The average Bonchev–Trinajstić information content (AvgIpc) is 3.03. The van der Waals surface area contributed by atoms with E-state index in [4.69, 9.17) is 9.47 Å². The molecule has 2 aromatic rings. The number of pyridine rings is 1. The number of rotatable bonds is 9. The van der Waals surface area contributed by atoms with Crippen molar-refractivity contribution in [1.29, 1.82) is 0 Å². The number of aromatic nitrogens is 1. The van der Waals surface area contributed by atoms with Crippen molar-refractivity contribution in [3.8, 4) is 11.5 Å². The molecule has 1 aromatic carbocycles. The lowest BCUT2D eigenvalue weighted by molar-refractivity contribution is -0.127. The zero-order valence-electron chi connectivity index (χ0n) is 17.8. The summed E-state index contributed by atoms with van der Waals surface area (Å²) in [6.45, 7) is 2.06. The number of urea groups is 1. The number of carbonyl (C=O) groups excluding carboxylic acids is 3. The van der Waals surface area contributed by atoms with Crippen LogP contribution in [0.2, 0.25) is 0 Å². The van der Waals surface area contributed by atoms with Crippen LogP contribution in [0.5, 0.6) is 11.5 Å². The standard InChI is InChI=1S/C22H26N4O5/c1-14-5-4-6-19(23-14)25-20(27)10-8-16-21(28)26(22(29)24-16)12-11-15-7-9-17(30-2)18(13-15)31-3/h4-7,9,13,16H,8,10-12H2,1-3H3,(H,24,29)(H,23,25,27). The Kier molecular flexibility index (Phi) is 7.07. The number of benzene rings is 1. The van der Waals surface area contributed by atoms with Gasteiger partial charge in [-0.15, -0.1) is 0 Å². The van der Waals surface area contributed by atoms with Crippen LogP contribution in [-0.2, 0) is 16.0 Å². The summed E-state index contributed by atoms with van der Waals surface area (Å²) in [6.07, 6.45) is 0.788. The molecule has 1 saturated heterocycles. The van der Waals surface area contributed by atoms with Gasteiger partial charge in [-0.05, 0) is 49.6 Å². The minimum Gasteiger partial charge on any atom is -0.493 e. The van der Waals surface area contributed by atoms with E-state index in [0.29, 0.717) is 23.7 Å². The molecule has 0 radical (unpaired) electrons. The minimum absolute atomic E-state index is 0.0931. The fraction of sp³-hybridized carbons (Fsp3) is 0.364. The normalized spacial score (nSPS) is 15.6. The summed E-state index contributed by atoms with van der Waals surface area (Å²) in [6, 6.07) is 9.63. The van der Waals surface area contributed by atoms with Crippen LogP contribution < -0.4 is 20.1 Å². The third-order valence-corrected chi connectivity index (χ3v) is 4.99. The van der Waals surface area contributed by atoms with Crippen molar-refractivity contribution in [1.82, 2.24) is 15.2 Å². The molecule has 9 heteroatoms. The van der Waals surface area contributed by atoms with Crippen molar-refractivity contribution >= 4 is 23.7 Å². The van der Waals surface area contributed by atoms with Crippen molar-refractivity contribution in [3.05, 3.63) is 47.7 Å². The second-order valence-corrected chi connectivity index (χ2v) is 7.18. The number of hydrogen-bond acceptors (Lipinski definition) is 6. The summed E-state index contributed by atoms with van der Waals surface area (Å²) < 4.78 is 10.5. The van der Waals surface area contributed by atoms with E-state index in [0.717, 1.165) is 11.3 Å². The molecule has 1 aromatic heterocycles. The second kappa shape index (κ2) is 9.92. The van der Waals surface area contributed by atoms with E-state index in [1.807, 2.05) is 25.1 Å². The van der Waals surface area contributed by atoms with E-state index < -0.39 is 12.1 Å². The molecule has 0 bridgehead atoms. The lowest BCUT2D eigenvalue weighted by atomic mass is 10.1. The van der Waals surface area contributed by atoms with Gasteiger partial charge in [-0.2, -0.15) is 0 Å². The predicted octanol–water partition coefficient (Wildman–Crippen LogP) is 2.29. The number of anilines is 1. The Balaban J connectivity index is 1.51. The zero-order valence-corrected chi connectivity index (χ0v) is 17.8. The molecule has 1 unspecified atom stereocenters. The van der Waals surface area contributed by atoms with Crippen LogP contribution in [0.1, 0.15) is 24.1 Å². The van der Waals surface area contributed by atoms with E-state index in [-0.39, 0.29) is 31.2 Å². The SMILES string of the molecule is COc1ccc(CCN2C(=O)NC(CCC(=O)Nc3cccc(C)n3)C2=O)cc1OC. The molecule has 3 rings (SSSR count). The summed E-state index contributed by atoms with van der Waals surface area (Å²) in [4.78, 5) is 42.4. The Morgan fingerprint density at radius 2 is 1.94 bits per heavy atom. The Morgan fingerprint density at radius 1 is 1.16 bits per heavy atom. The third kappa shape index (κ3) is 5.50. The number of imide groups is 1. The van der Waals surface area contributed by atoms with Gasteiger partial charge in [-0.3, -0.25) is 14.5 Å². The lowest BCUT2D eigenvalue weighted by Crippen LogP contribution is -2.33. The monoisotopic (exact) mass is 426 g/mol. The van der Waals surface area contributed by atoms with Crippen LogP contribution in [0.3, 0.4) is 0 Å². The van der Waals surface area contributed by atoms with Crippen molar-refractivity contribution < 1.29 is 23.9 Å². The number of hydrogen-bond donors (Lipinski definition) is 2. The smallest absolute Gasteiger partial charge is 0.324 e. The maximum Gasteiger partial charge on any atom is 0.324 e. The van der Waals surface area contributed by atoms with E-state index in [9.17, 15) is 14.4 Å². The van der Waals surface area contributed by atoms with E-state index >= 15 is 0 Å². The number of amides is 4. The van der Waals surface area contributed by atoms with Gasteiger partial charge in [0.25, 0.3) is 5.91 Å². The molecule has 31 heavy (non-hydrogen) atoms. The number of ether oxygens (including phenoxy) is 2. The molecule has 2 N–H and O–H groups in total. The highest BCUT2D eigenvalue weighted by Gasteiger charge is 2.37. The summed E-state index contributed by atoms with van der Waals surface area (Å²) >= 11 is 0. The fourth-order valence-corrected chi connectivity index (χ4v) is 3.35. The average molecular weight is 426 g/mol. The van der Waals surface area contributed by atoms with Gasteiger partial charge in [0.05, 0.1) is 14.2 Å². The number of carbonyl (C=O) groups is 3. The summed E-state index contributed by atoms with van der Waals surface area (Å²) in [5.41, 5.74) is 1.70. The molecular weight excluding hydrogens is 400 g/mol. The van der Waals surface area contributed by atoms with Gasteiger partial charge >= 0.3 is 6.03 Å². The van der Waals surface area contributed by atoms with Crippen LogP contribution >= 0.6 is 0 Å². The predicted molar refractivity (Wildman–Crippen MR) is 114 cm³/mol. The van der Waals surface area contributed by atoms with Gasteiger partial charge in [0.2, 0.25) is 5.91 Å². The Labute approximate surface area is 180 Å². The highest BCUT2D eigenvalue weighted by atomic mass is 16.5. The summed E-state index contributed by atoms with van der Waals surface area (Å²) in [5.74, 6) is 1.07. The number of nitrogens with one attached hydrogen (secondary N) is 2. The Hall–Kier alpha value is -3.62. The second-order valence-electron chi connectivity index (χ2n) is 7.18. The Morgan fingerprint density at radius 3 is 2.65 bits per heavy atom. The fourth-order valence-electron chi connectivity index (χ4n) is 3.35. The molecule has 2 heterocycles. The summed E-state index contributed by atoms with van der Waals surface area (Å²) in [5, 5.41) is 5.36. The maximum atomic E-state index is 12.6. The first kappa shape index (κ1) is 22.1. The van der Waals surface area contributed by atoms with E-state index in [2.05, 4.69) is 15.6 Å². The quantitative estimate of drug-likeness (QED) is 0.596. The number of methoxy groups -OCH3 is 2. The van der Waals surface area contributed by atoms with Gasteiger partial charge in [0, 0.05) is 18.7 Å². The van der Waals surface area contributed by atoms with Crippen LogP contribution in [0.25, 0.3) is 0 Å². The van der Waals surface area contributed by atoms with Crippen LogP contribution in [-0.4, -0.2) is 54.5 Å². The van der Waals surface area contributed by atoms with Crippen LogP contribution in [0.15, 0.2) is 36.4 Å². The first-order valence-electron chi connectivity index (χ1n) is 9.97. The molecule has 9 nitrogen and oxygen atoms in total. The maximum absolute atomic E-state index is 12.6. The van der Waals surface area contributed by atoms with Crippen molar-refractivity contribution in [2.45, 2.75) is 32.2 Å². The van der Waals surface area contributed by atoms with Crippen molar-refractivity contribution in [2.75, 3.05) is 26.1 Å². The largest absolute Gasteiger partial charge is 0.493 e. The van der Waals surface area contributed by atoms with Crippen LogP contribution in [0, 0.1) is 6.92 Å². The van der Waals surface area contributed by atoms with Gasteiger partial charge < -0.3 is 20.1 Å². The molecule has 0 spiro atoms. The minimum atomic E-state index is -0.714. The van der Waals surface area contributed by atoms with Crippen molar-refractivity contribution in [2.24, 2.45) is 0 Å². The molecular formula is C22H26N4O5. The van der Waals surface area contributed by atoms with Crippen molar-refractivity contribution in [3.63, 3.8) is 0 Å². The molecule has 4 amide bonds. The van der Waals surface area contributed by atoms with E-state index in [1.54, 1.807) is 32.4 Å². The van der Waals surface area contributed by atoms with Gasteiger partial charge in [-0.1, -0.05) is 12.1 Å². The molecule has 1 fully saturated rings. The summed E-state index contributed by atoms with van der Waals surface area (Å²) in [7, 11) is 3.11. The highest BCUT2D eigenvalue weighted by Crippen LogP contribution is 2.28. The lowest BCUT2D eigenvalue weighted by Gasteiger charge is -2.14. The van der Waals surface area contributed by atoms with Gasteiger partial charge in [-0.25, -0.2) is 9.78 Å². The third-order valence-electron chi connectivity index (χ3n) is 4.99.